The Morgan fingerprint density at radius 3 is 1.67 bits per heavy atom. The molecule has 0 spiro atoms. The third-order valence-electron chi connectivity index (χ3n) is 16.5. The maximum absolute atomic E-state index is 8.09. The van der Waals surface area contributed by atoms with Crippen molar-refractivity contribution in [3.8, 4) is 0 Å². The van der Waals surface area contributed by atoms with Crippen LogP contribution in [0.2, 0.25) is 10.1 Å². The molecule has 3 aliphatic rings. The van der Waals surface area contributed by atoms with Crippen LogP contribution in [0.1, 0.15) is 133 Å². The van der Waals surface area contributed by atoms with Gasteiger partial charge in [0.05, 0.1) is 17.8 Å². The molecule has 4 nitrogen and oxygen atoms in total. The average Bonchev–Trinajstić information content (AvgIpc) is 3.67. The maximum Gasteiger partial charge on any atom is 0.261 e. The van der Waals surface area contributed by atoms with Gasteiger partial charge in [-0.15, -0.1) is 0 Å². The molecule has 3 saturated carbocycles. The fraction of sp³-hybridized carbons (Fsp3) is 0.508. The molecule has 0 unspecified atom stereocenters. The summed E-state index contributed by atoms with van der Waals surface area (Å²) in [5, 5.41) is 4.87. The highest BCUT2D eigenvalue weighted by molar-refractivity contribution is 7.00. The number of fused-ring (bicyclic) bond motifs is 1. The van der Waals surface area contributed by atoms with E-state index in [1.165, 1.54) is 71.3 Å². The van der Waals surface area contributed by atoms with Crippen molar-refractivity contribution >= 4 is 37.4 Å². The largest absolute Gasteiger partial charge is 0.404 e. The van der Waals surface area contributed by atoms with E-state index in [1.54, 1.807) is 12.7 Å². The third-order valence-corrected chi connectivity index (χ3v) is 26.6. The summed E-state index contributed by atoms with van der Waals surface area (Å²) in [4.78, 5) is 0. The van der Waals surface area contributed by atoms with Gasteiger partial charge in [0.1, 0.15) is 6.79 Å². The number of hydrogen-bond donors (Lipinski definition) is 0. The Labute approximate surface area is 408 Å². The summed E-state index contributed by atoms with van der Waals surface area (Å²) >= 11 is 0. The van der Waals surface area contributed by atoms with Crippen molar-refractivity contribution in [2.45, 2.75) is 161 Å². The Morgan fingerprint density at radius 2 is 1.19 bits per heavy atom. The standard InChI is InChI=1S/C61H84O4Si2/c1-46(27-25-41-60(9,10)63-45-62-12)55-39-40-56-48(28-26-42-61(55,56)11)37-38-49-43-50(64-66(58(3,4)5,51-29-17-13-18-30-51)52-31-19-14-20-32-52)44-57(47(49)2)65-67(59(6,7)8,53-33-21-15-22-34-53)54-35-23-16-24-36-54/h13-24,29-38,46,50,55-57H,2,25-28,39-45H2,1,3-12H3/b48-37+,49-38+/t46-,50-,55-,56+,57+,61-/m1/s1. The van der Waals surface area contributed by atoms with Crippen LogP contribution < -0.4 is 20.7 Å². The number of benzene rings is 4. The second kappa shape index (κ2) is 21.2. The number of ether oxygens (including phenoxy) is 2. The number of hydrogen-bond acceptors (Lipinski definition) is 4. The van der Waals surface area contributed by atoms with Crippen LogP contribution in [0.5, 0.6) is 0 Å². The van der Waals surface area contributed by atoms with Crippen molar-refractivity contribution in [1.82, 2.24) is 0 Å². The van der Waals surface area contributed by atoms with E-state index in [4.69, 9.17) is 24.9 Å². The molecule has 6 heteroatoms. The lowest BCUT2D eigenvalue weighted by molar-refractivity contribution is -0.118. The van der Waals surface area contributed by atoms with Crippen LogP contribution in [-0.2, 0) is 18.3 Å². The minimum absolute atomic E-state index is 0.0807. The van der Waals surface area contributed by atoms with Gasteiger partial charge < -0.3 is 18.3 Å². The fourth-order valence-electron chi connectivity index (χ4n) is 13.0. The summed E-state index contributed by atoms with van der Waals surface area (Å²) in [5.41, 5.74) is 4.18. The number of methoxy groups -OCH3 is 1. The molecule has 6 atom stereocenters. The predicted molar refractivity (Wildman–Crippen MR) is 288 cm³/mol. The molecule has 4 aromatic rings. The van der Waals surface area contributed by atoms with Gasteiger partial charge in [-0.1, -0.05) is 214 Å². The predicted octanol–water partition coefficient (Wildman–Crippen LogP) is 13.5. The molecule has 7 rings (SSSR count). The molecule has 0 amide bonds. The van der Waals surface area contributed by atoms with Gasteiger partial charge in [-0.3, -0.25) is 0 Å². The molecule has 3 fully saturated rings. The van der Waals surface area contributed by atoms with E-state index in [2.05, 4.69) is 203 Å². The van der Waals surface area contributed by atoms with Gasteiger partial charge in [-0.2, -0.15) is 0 Å². The van der Waals surface area contributed by atoms with Gasteiger partial charge >= 0.3 is 0 Å². The Bertz CT molecular complexity index is 2190. The van der Waals surface area contributed by atoms with Crippen LogP contribution in [0, 0.1) is 23.2 Å². The molecule has 0 N–H and O–H groups in total. The minimum atomic E-state index is -2.95. The van der Waals surface area contributed by atoms with Crippen LogP contribution in [-0.4, -0.2) is 48.3 Å². The van der Waals surface area contributed by atoms with Gasteiger partial charge in [-0.25, -0.2) is 0 Å². The van der Waals surface area contributed by atoms with Crippen LogP contribution in [0.3, 0.4) is 0 Å². The minimum Gasteiger partial charge on any atom is -0.404 e. The topological polar surface area (TPSA) is 36.9 Å². The molecule has 67 heavy (non-hydrogen) atoms. The van der Waals surface area contributed by atoms with Crippen molar-refractivity contribution < 1.29 is 18.3 Å². The normalized spacial score (nSPS) is 24.8. The second-order valence-corrected chi connectivity index (χ2v) is 31.9. The Balaban J connectivity index is 1.28. The Kier molecular flexibility index (Phi) is 16.2. The molecular formula is C61H84O4Si2. The van der Waals surface area contributed by atoms with Crippen LogP contribution >= 0.6 is 0 Å². The lowest BCUT2D eigenvalue weighted by atomic mass is 9.60. The zero-order valence-electron chi connectivity index (χ0n) is 43.2. The third kappa shape index (κ3) is 10.8. The van der Waals surface area contributed by atoms with Crippen molar-refractivity contribution in [2.75, 3.05) is 13.9 Å². The fourth-order valence-corrected chi connectivity index (χ4v) is 22.4. The van der Waals surface area contributed by atoms with E-state index >= 15 is 0 Å². The zero-order valence-corrected chi connectivity index (χ0v) is 45.2. The summed E-state index contributed by atoms with van der Waals surface area (Å²) in [6, 6.07) is 44.5. The molecular weight excluding hydrogens is 853 g/mol. The summed E-state index contributed by atoms with van der Waals surface area (Å²) < 4.78 is 27.4. The lowest BCUT2D eigenvalue weighted by Crippen LogP contribution is -2.69. The van der Waals surface area contributed by atoms with Crippen LogP contribution in [0.25, 0.3) is 0 Å². The van der Waals surface area contributed by atoms with E-state index in [0.29, 0.717) is 24.0 Å². The second-order valence-electron chi connectivity index (χ2n) is 23.3. The van der Waals surface area contributed by atoms with E-state index in [-0.39, 0.29) is 27.9 Å². The van der Waals surface area contributed by atoms with E-state index < -0.39 is 16.6 Å². The van der Waals surface area contributed by atoms with Crippen molar-refractivity contribution in [3.05, 3.63) is 157 Å². The summed E-state index contributed by atoms with van der Waals surface area (Å²) in [6.45, 7) is 29.3. The Hall–Kier alpha value is -3.63. The van der Waals surface area contributed by atoms with Crippen molar-refractivity contribution in [1.29, 1.82) is 0 Å². The first-order valence-corrected chi connectivity index (χ1v) is 29.5. The molecule has 0 bridgehead atoms. The molecule has 0 aromatic heterocycles. The lowest BCUT2D eigenvalue weighted by Gasteiger charge is -2.49. The van der Waals surface area contributed by atoms with Gasteiger partial charge in [0, 0.05) is 13.5 Å². The van der Waals surface area contributed by atoms with Crippen LogP contribution in [0.15, 0.2) is 157 Å². The van der Waals surface area contributed by atoms with E-state index in [0.717, 1.165) is 30.8 Å². The maximum atomic E-state index is 8.09. The van der Waals surface area contributed by atoms with Crippen LogP contribution in [0.4, 0.5) is 0 Å². The van der Waals surface area contributed by atoms with Crippen molar-refractivity contribution in [2.24, 2.45) is 23.2 Å². The molecule has 0 radical (unpaired) electrons. The summed E-state index contributed by atoms with van der Waals surface area (Å²) in [7, 11) is -4.14. The number of allylic oxidation sites excluding steroid dienone is 3. The van der Waals surface area contributed by atoms with Gasteiger partial charge in [0.2, 0.25) is 0 Å². The highest BCUT2D eigenvalue weighted by atomic mass is 28.4. The molecule has 0 heterocycles. The van der Waals surface area contributed by atoms with Gasteiger partial charge in [0.15, 0.2) is 0 Å². The average molecular weight is 938 g/mol. The molecule has 0 aliphatic heterocycles. The first-order chi connectivity index (χ1) is 31.9. The zero-order chi connectivity index (χ0) is 48.1. The van der Waals surface area contributed by atoms with Crippen molar-refractivity contribution in [3.63, 3.8) is 0 Å². The first-order valence-electron chi connectivity index (χ1n) is 25.7. The Morgan fingerprint density at radius 1 is 0.701 bits per heavy atom. The summed E-state index contributed by atoms with van der Waals surface area (Å²) in [6.07, 6.45) is 16.1. The van der Waals surface area contributed by atoms with Gasteiger partial charge in [0.25, 0.3) is 16.6 Å². The first kappa shape index (κ1) is 51.2. The monoisotopic (exact) mass is 937 g/mol. The SMILES string of the molecule is C=C1/C(=C/C=C2\CCC[C@]3(C)[C@@H]([C@H](C)CCCC(C)(C)OCOC)CC[C@@H]23)C[C@@H](O[Si](c2ccccc2)(c2ccccc2)C(C)(C)C)C[C@@H]1O[Si](c1ccccc1)(c1ccccc1)C(C)(C)C. The molecule has 360 valence electrons. The molecule has 0 saturated heterocycles. The molecule has 4 aromatic carbocycles. The quantitative estimate of drug-likeness (QED) is 0.0781. The van der Waals surface area contributed by atoms with E-state index in [9.17, 15) is 0 Å². The van der Waals surface area contributed by atoms with Gasteiger partial charge in [-0.05, 0) is 124 Å². The highest BCUT2D eigenvalue weighted by Gasteiger charge is 2.55. The number of rotatable bonds is 17. The summed E-state index contributed by atoms with van der Waals surface area (Å²) in [5.74, 6) is 2.02. The smallest absolute Gasteiger partial charge is 0.261 e. The molecule has 3 aliphatic carbocycles. The van der Waals surface area contributed by atoms with E-state index in [1.807, 2.05) is 0 Å². The highest BCUT2D eigenvalue weighted by Crippen LogP contribution is 2.60.